The molecule has 0 aliphatic carbocycles. The van der Waals surface area contributed by atoms with Crippen LogP contribution in [0.15, 0.2) is 42.5 Å². The summed E-state index contributed by atoms with van der Waals surface area (Å²) < 4.78 is 5.19. The maximum absolute atomic E-state index is 12.4. The maximum Gasteiger partial charge on any atom is 0.335 e. The van der Waals surface area contributed by atoms with Gasteiger partial charge in [-0.1, -0.05) is 18.2 Å². The van der Waals surface area contributed by atoms with E-state index in [0.29, 0.717) is 12.3 Å². The number of carbonyl (C=O) groups excluding carboxylic acids is 1. The lowest BCUT2D eigenvalue weighted by molar-refractivity contribution is -0.128. The second-order valence-corrected chi connectivity index (χ2v) is 6.97. The van der Waals surface area contributed by atoms with E-state index in [1.54, 1.807) is 37.1 Å². The highest BCUT2D eigenvalue weighted by Gasteiger charge is 2.33. The first-order valence-corrected chi connectivity index (χ1v) is 8.92. The molecule has 1 unspecified atom stereocenters. The third-order valence-electron chi connectivity index (χ3n) is 4.30. The van der Waals surface area contributed by atoms with Crippen LogP contribution in [0.5, 0.6) is 5.75 Å². The van der Waals surface area contributed by atoms with Gasteiger partial charge in [-0.25, -0.2) is 4.79 Å². The third kappa shape index (κ3) is 3.64. The van der Waals surface area contributed by atoms with E-state index in [4.69, 9.17) is 9.84 Å². The lowest BCUT2D eigenvalue weighted by atomic mass is 10.0. The van der Waals surface area contributed by atoms with Crippen molar-refractivity contribution in [1.82, 2.24) is 4.90 Å². The van der Waals surface area contributed by atoms with Crippen LogP contribution in [0.1, 0.15) is 32.4 Å². The molecule has 1 amide bonds. The zero-order chi connectivity index (χ0) is 18.0. The largest absolute Gasteiger partial charge is 0.497 e. The average Bonchev–Trinajstić information content (AvgIpc) is 2.97. The SMILES string of the molecule is COc1ccc(C2SCC(=O)N2Cc2ccc(C(=O)O)cc2C)cc1. The summed E-state index contributed by atoms with van der Waals surface area (Å²) in [5, 5.41) is 9.04. The number of rotatable bonds is 5. The number of carboxylic acids is 1. The van der Waals surface area contributed by atoms with Crippen molar-refractivity contribution in [3.8, 4) is 5.75 Å². The minimum absolute atomic E-state index is 0.0445. The fourth-order valence-electron chi connectivity index (χ4n) is 2.86. The smallest absolute Gasteiger partial charge is 0.335 e. The minimum atomic E-state index is -0.946. The van der Waals surface area contributed by atoms with E-state index in [-0.39, 0.29) is 16.8 Å². The number of methoxy groups -OCH3 is 1. The number of aryl methyl sites for hydroxylation is 1. The van der Waals surface area contributed by atoms with Crippen LogP contribution in [0.3, 0.4) is 0 Å². The van der Waals surface area contributed by atoms with Crippen molar-refractivity contribution in [1.29, 1.82) is 0 Å². The molecule has 130 valence electrons. The molecular weight excluding hydrogens is 338 g/mol. The van der Waals surface area contributed by atoms with Crippen LogP contribution in [0.25, 0.3) is 0 Å². The van der Waals surface area contributed by atoms with E-state index in [1.807, 2.05) is 36.1 Å². The molecule has 0 spiro atoms. The van der Waals surface area contributed by atoms with Crippen molar-refractivity contribution in [2.45, 2.75) is 18.8 Å². The lowest BCUT2D eigenvalue weighted by Gasteiger charge is -2.25. The Labute approximate surface area is 150 Å². The molecule has 1 aliphatic heterocycles. The molecule has 0 saturated carbocycles. The number of hydrogen-bond donors (Lipinski definition) is 1. The van der Waals surface area contributed by atoms with Crippen molar-refractivity contribution in [3.63, 3.8) is 0 Å². The van der Waals surface area contributed by atoms with Gasteiger partial charge < -0.3 is 14.7 Å². The van der Waals surface area contributed by atoms with Crippen LogP contribution >= 0.6 is 11.8 Å². The molecule has 2 aromatic carbocycles. The molecule has 1 atom stereocenters. The van der Waals surface area contributed by atoms with Gasteiger partial charge in [0.25, 0.3) is 0 Å². The molecule has 1 fully saturated rings. The number of aromatic carboxylic acids is 1. The Bertz CT molecular complexity index is 804. The van der Waals surface area contributed by atoms with E-state index in [1.165, 1.54) is 0 Å². The fourth-order valence-corrected chi connectivity index (χ4v) is 4.05. The van der Waals surface area contributed by atoms with Crippen LogP contribution in [0.4, 0.5) is 0 Å². The summed E-state index contributed by atoms with van der Waals surface area (Å²) in [5.41, 5.74) is 3.14. The average molecular weight is 357 g/mol. The monoisotopic (exact) mass is 357 g/mol. The summed E-state index contributed by atoms with van der Waals surface area (Å²) in [6, 6.07) is 12.8. The number of carboxylic acid groups (broad SMARTS) is 1. The zero-order valence-corrected chi connectivity index (χ0v) is 14.9. The van der Waals surface area contributed by atoms with E-state index in [0.717, 1.165) is 22.4 Å². The van der Waals surface area contributed by atoms with Gasteiger partial charge in [0.15, 0.2) is 0 Å². The van der Waals surface area contributed by atoms with Gasteiger partial charge in [-0.3, -0.25) is 4.79 Å². The lowest BCUT2D eigenvalue weighted by Crippen LogP contribution is -2.28. The Morgan fingerprint density at radius 3 is 2.60 bits per heavy atom. The Kier molecular flexibility index (Phi) is 4.99. The first kappa shape index (κ1) is 17.4. The number of benzene rings is 2. The molecule has 2 aromatic rings. The molecule has 0 radical (unpaired) electrons. The predicted octanol–water partition coefficient (Wildman–Crippen LogP) is 3.48. The summed E-state index contributed by atoms with van der Waals surface area (Å²) >= 11 is 1.60. The highest BCUT2D eigenvalue weighted by atomic mass is 32.2. The number of ether oxygens (including phenoxy) is 1. The van der Waals surface area contributed by atoms with Gasteiger partial charge in [0.1, 0.15) is 11.1 Å². The second kappa shape index (κ2) is 7.19. The third-order valence-corrected chi connectivity index (χ3v) is 5.56. The molecule has 25 heavy (non-hydrogen) atoms. The van der Waals surface area contributed by atoms with Gasteiger partial charge in [-0.2, -0.15) is 0 Å². The molecule has 3 rings (SSSR count). The molecule has 1 heterocycles. The van der Waals surface area contributed by atoms with Crippen molar-refractivity contribution in [2.24, 2.45) is 0 Å². The Morgan fingerprint density at radius 2 is 2.00 bits per heavy atom. The van der Waals surface area contributed by atoms with Gasteiger partial charge >= 0.3 is 5.97 Å². The van der Waals surface area contributed by atoms with Gasteiger partial charge in [-0.15, -0.1) is 11.8 Å². The van der Waals surface area contributed by atoms with Crippen molar-refractivity contribution in [2.75, 3.05) is 12.9 Å². The highest BCUT2D eigenvalue weighted by molar-refractivity contribution is 8.00. The van der Waals surface area contributed by atoms with Crippen molar-refractivity contribution < 1.29 is 19.4 Å². The quantitative estimate of drug-likeness (QED) is 0.887. The number of hydrogen-bond acceptors (Lipinski definition) is 4. The molecule has 1 aliphatic rings. The van der Waals surface area contributed by atoms with Gasteiger partial charge in [0.05, 0.1) is 18.4 Å². The summed E-state index contributed by atoms with van der Waals surface area (Å²) in [4.78, 5) is 25.3. The predicted molar refractivity (Wildman–Crippen MR) is 96.9 cm³/mol. The van der Waals surface area contributed by atoms with E-state index in [9.17, 15) is 9.59 Å². The van der Waals surface area contributed by atoms with Crippen LogP contribution < -0.4 is 4.74 Å². The maximum atomic E-state index is 12.4. The topological polar surface area (TPSA) is 66.8 Å². The molecule has 0 bridgehead atoms. The second-order valence-electron chi connectivity index (χ2n) is 5.90. The highest BCUT2D eigenvalue weighted by Crippen LogP contribution is 2.40. The minimum Gasteiger partial charge on any atom is -0.497 e. The van der Waals surface area contributed by atoms with Crippen molar-refractivity contribution >= 4 is 23.6 Å². The first-order chi connectivity index (χ1) is 12.0. The number of nitrogens with zero attached hydrogens (tertiary/aromatic N) is 1. The Balaban J connectivity index is 1.83. The summed E-state index contributed by atoms with van der Waals surface area (Å²) in [6.07, 6.45) is 0. The molecule has 1 N–H and O–H groups in total. The number of carbonyl (C=O) groups is 2. The van der Waals surface area contributed by atoms with Crippen molar-refractivity contribution in [3.05, 3.63) is 64.7 Å². The fraction of sp³-hybridized carbons (Fsp3) is 0.263. The number of amides is 1. The summed E-state index contributed by atoms with van der Waals surface area (Å²) in [6.45, 7) is 2.34. The van der Waals surface area contributed by atoms with Crippen LogP contribution in [0, 0.1) is 6.92 Å². The standard InChI is InChI=1S/C19H19NO4S/c1-12-9-14(19(22)23)3-4-15(12)10-20-17(21)11-25-18(20)13-5-7-16(24-2)8-6-13/h3-9,18H,10-11H2,1-2H3,(H,22,23). The molecule has 5 nitrogen and oxygen atoms in total. The van der Waals surface area contributed by atoms with E-state index >= 15 is 0 Å². The Hall–Kier alpha value is -2.47. The molecule has 0 aromatic heterocycles. The number of thioether (sulfide) groups is 1. The van der Waals surface area contributed by atoms with Gasteiger partial charge in [0.2, 0.25) is 5.91 Å². The molecule has 6 heteroatoms. The van der Waals surface area contributed by atoms with Crippen LogP contribution in [-0.2, 0) is 11.3 Å². The van der Waals surface area contributed by atoms with Crippen LogP contribution in [0.2, 0.25) is 0 Å². The van der Waals surface area contributed by atoms with E-state index < -0.39 is 5.97 Å². The van der Waals surface area contributed by atoms with Crippen LogP contribution in [-0.4, -0.2) is 34.7 Å². The Morgan fingerprint density at radius 1 is 1.28 bits per heavy atom. The van der Waals surface area contributed by atoms with Gasteiger partial charge in [0, 0.05) is 6.54 Å². The summed E-state index contributed by atoms with van der Waals surface area (Å²) in [7, 11) is 1.62. The molecule has 1 saturated heterocycles. The normalized spacial score (nSPS) is 17.0. The van der Waals surface area contributed by atoms with E-state index in [2.05, 4.69) is 0 Å². The first-order valence-electron chi connectivity index (χ1n) is 7.87. The zero-order valence-electron chi connectivity index (χ0n) is 14.1. The van der Waals surface area contributed by atoms with Gasteiger partial charge in [-0.05, 0) is 47.9 Å². The summed E-state index contributed by atoms with van der Waals surface area (Å²) in [5.74, 6) is 0.374. The molecular formula is C19H19NO4S.